The lowest BCUT2D eigenvalue weighted by molar-refractivity contribution is -0.138. The van der Waals surface area contributed by atoms with Crippen LogP contribution in [-0.4, -0.2) is 50.0 Å². The Morgan fingerprint density at radius 3 is 2.55 bits per heavy atom. The van der Waals surface area contributed by atoms with E-state index in [-0.39, 0.29) is 40.1 Å². The Kier molecular flexibility index (Phi) is 10.8. The Morgan fingerprint density at radius 1 is 1.05 bits per heavy atom. The van der Waals surface area contributed by atoms with Crippen molar-refractivity contribution in [2.24, 2.45) is 5.41 Å². The van der Waals surface area contributed by atoms with Gasteiger partial charge in [0.1, 0.15) is 0 Å². The van der Waals surface area contributed by atoms with Gasteiger partial charge in [-0.25, -0.2) is 4.98 Å². The number of hydrogen-bond acceptors (Lipinski definition) is 4. The highest BCUT2D eigenvalue weighted by Crippen LogP contribution is 2.53. The van der Waals surface area contributed by atoms with E-state index in [9.17, 15) is 15.0 Å². The summed E-state index contributed by atoms with van der Waals surface area (Å²) in [6.45, 7) is 3.66. The van der Waals surface area contributed by atoms with Crippen molar-refractivity contribution in [3.05, 3.63) is 112 Å². The molecule has 1 fully saturated rings. The number of halogens is 1. The summed E-state index contributed by atoms with van der Waals surface area (Å²) in [4.78, 5) is 16.2. The van der Waals surface area contributed by atoms with Crippen LogP contribution in [0.4, 0.5) is 0 Å². The topological polar surface area (TPSA) is 70.4 Å². The van der Waals surface area contributed by atoms with Gasteiger partial charge in [-0.2, -0.15) is 11.8 Å². The molecule has 5 rings (SSSR count). The third-order valence-corrected chi connectivity index (χ3v) is 9.76. The maximum atomic E-state index is 11.5. The number of thioether (sulfide) groups is 1. The van der Waals surface area contributed by atoms with Gasteiger partial charge < -0.3 is 10.2 Å². The number of aliphatic hydroxyl groups is 1. The zero-order chi connectivity index (χ0) is 29.0. The minimum absolute atomic E-state index is 0. The number of rotatable bonds is 12. The second-order valence-electron chi connectivity index (χ2n) is 11.7. The Balaban J connectivity index is 0.00000405. The molecule has 0 aliphatic heterocycles. The van der Waals surface area contributed by atoms with E-state index in [1.165, 1.54) is 5.56 Å². The average molecular weight is 613 g/mol. The van der Waals surface area contributed by atoms with Gasteiger partial charge in [0.05, 0.1) is 23.2 Å². The summed E-state index contributed by atoms with van der Waals surface area (Å²) < 4.78 is 0. The number of aryl methyl sites for hydroxylation is 1. The summed E-state index contributed by atoms with van der Waals surface area (Å²) in [5, 5.41) is 22.1. The molecule has 0 spiro atoms. The predicted molar refractivity (Wildman–Crippen MR) is 180 cm³/mol. The Labute approximate surface area is 273 Å². The van der Waals surface area contributed by atoms with Crippen LogP contribution in [0.2, 0.25) is 5.02 Å². The normalized spacial score (nSPS) is 15.0. The SMILES string of the molecule is CC(C)(O)c1ccccc1CC[C@@H](SCC1(CC(=O)O)CC1)c1cccc(/C=C/c2ccc3ccc(Cl)cc3n2)c1.[MgH2]. The predicted octanol–water partition coefficient (Wildman–Crippen LogP) is 8.03. The van der Waals surface area contributed by atoms with Crippen LogP contribution in [0.5, 0.6) is 0 Å². The first-order chi connectivity index (χ1) is 19.6. The lowest BCUT2D eigenvalue weighted by Crippen LogP contribution is -2.18. The van der Waals surface area contributed by atoms with Crippen molar-refractivity contribution in [1.29, 1.82) is 0 Å². The number of fused-ring (bicyclic) bond motifs is 1. The van der Waals surface area contributed by atoms with Gasteiger partial charge in [0.25, 0.3) is 0 Å². The standard InChI is InChI=1S/C35H36ClNO3S.Mg.2H/c1-34(2,40)30-9-4-3-7-25(30)13-17-32(41-23-35(18-19-35)22-33(38)39)27-8-5-6-24(20-27)10-15-29-16-12-26-11-14-28(36)21-31(26)37-29;;;/h3-12,14-16,20-21,32,40H,13,17-19,22-23H2,1-2H3,(H,38,39);;;/b15-10+;;;/t32-;;;/m1.../s1. The Bertz CT molecular complexity index is 1580. The number of carbonyl (C=O) groups is 1. The van der Waals surface area contributed by atoms with Crippen molar-refractivity contribution < 1.29 is 15.0 Å². The van der Waals surface area contributed by atoms with Gasteiger partial charge >= 0.3 is 29.0 Å². The van der Waals surface area contributed by atoms with E-state index in [1.54, 1.807) is 0 Å². The summed E-state index contributed by atoms with van der Waals surface area (Å²) in [6, 6.07) is 26.5. The van der Waals surface area contributed by atoms with Crippen LogP contribution in [-0.2, 0) is 16.8 Å². The fourth-order valence-electron chi connectivity index (χ4n) is 5.36. The number of aromatic nitrogens is 1. The summed E-state index contributed by atoms with van der Waals surface area (Å²) in [6.07, 6.45) is 8.02. The Morgan fingerprint density at radius 2 is 1.81 bits per heavy atom. The van der Waals surface area contributed by atoms with Gasteiger partial charge in [-0.3, -0.25) is 4.79 Å². The van der Waals surface area contributed by atoms with Crippen molar-refractivity contribution in [2.45, 2.75) is 56.8 Å². The summed E-state index contributed by atoms with van der Waals surface area (Å²) >= 11 is 8.04. The minimum atomic E-state index is -0.911. The lowest BCUT2D eigenvalue weighted by atomic mass is 9.90. The third-order valence-electron chi connectivity index (χ3n) is 7.83. The third kappa shape index (κ3) is 8.61. The molecule has 3 aromatic carbocycles. The van der Waals surface area contributed by atoms with Crippen LogP contribution >= 0.6 is 23.4 Å². The quantitative estimate of drug-likeness (QED) is 0.159. The van der Waals surface area contributed by atoms with Gasteiger partial charge in [-0.1, -0.05) is 78.3 Å². The van der Waals surface area contributed by atoms with Crippen molar-refractivity contribution in [3.8, 4) is 0 Å². The highest BCUT2D eigenvalue weighted by Gasteiger charge is 2.44. The van der Waals surface area contributed by atoms with Gasteiger partial charge in [-0.15, -0.1) is 0 Å². The molecule has 4 nitrogen and oxygen atoms in total. The monoisotopic (exact) mass is 611 g/mol. The molecular formula is C35H38ClMgNO3S. The zero-order valence-corrected chi connectivity index (χ0v) is 25.1. The molecule has 1 aliphatic rings. The molecule has 0 unspecified atom stereocenters. The largest absolute Gasteiger partial charge is 0.481 e. The molecule has 42 heavy (non-hydrogen) atoms. The molecule has 1 saturated carbocycles. The minimum Gasteiger partial charge on any atom is -0.481 e. The number of carboxylic acid groups (broad SMARTS) is 1. The van der Waals surface area contributed by atoms with Crippen LogP contribution in [0.3, 0.4) is 0 Å². The lowest BCUT2D eigenvalue weighted by Gasteiger charge is -2.24. The molecular weight excluding hydrogens is 574 g/mol. The van der Waals surface area contributed by atoms with Crippen molar-refractivity contribution >= 4 is 75.4 Å². The second kappa shape index (κ2) is 14.0. The van der Waals surface area contributed by atoms with Crippen LogP contribution in [0.25, 0.3) is 23.1 Å². The van der Waals surface area contributed by atoms with E-state index in [1.807, 2.05) is 74.1 Å². The first kappa shape index (κ1) is 32.6. The van der Waals surface area contributed by atoms with Crippen LogP contribution < -0.4 is 0 Å². The van der Waals surface area contributed by atoms with E-state index in [0.29, 0.717) is 5.02 Å². The average Bonchev–Trinajstić information content (AvgIpc) is 3.70. The summed E-state index contributed by atoms with van der Waals surface area (Å²) in [5.41, 5.74) is 5.15. The van der Waals surface area contributed by atoms with Crippen molar-refractivity contribution in [1.82, 2.24) is 4.98 Å². The second-order valence-corrected chi connectivity index (χ2v) is 13.3. The highest BCUT2D eigenvalue weighted by molar-refractivity contribution is 7.99. The van der Waals surface area contributed by atoms with Crippen LogP contribution in [0.1, 0.15) is 72.7 Å². The number of pyridine rings is 1. The van der Waals surface area contributed by atoms with E-state index in [0.717, 1.165) is 64.7 Å². The zero-order valence-electron chi connectivity index (χ0n) is 23.5. The molecule has 2 N–H and O–H groups in total. The van der Waals surface area contributed by atoms with E-state index < -0.39 is 11.6 Å². The van der Waals surface area contributed by atoms with Crippen molar-refractivity contribution in [3.63, 3.8) is 0 Å². The molecule has 216 valence electrons. The Hall–Kier alpha value is -2.35. The van der Waals surface area contributed by atoms with Crippen molar-refractivity contribution in [2.75, 3.05) is 5.75 Å². The first-order valence-electron chi connectivity index (χ1n) is 14.1. The molecule has 1 heterocycles. The molecule has 1 aromatic heterocycles. The fourth-order valence-corrected chi connectivity index (χ4v) is 7.09. The smallest absolute Gasteiger partial charge is 0.316 e. The van der Waals surface area contributed by atoms with Gasteiger partial charge in [0.15, 0.2) is 0 Å². The number of nitrogens with zero attached hydrogens (tertiary/aromatic N) is 1. The summed E-state index contributed by atoms with van der Waals surface area (Å²) in [5.74, 6) is 0.122. The molecule has 4 aromatic rings. The molecule has 7 heteroatoms. The number of benzene rings is 3. The molecule has 1 atom stereocenters. The maximum Gasteiger partial charge on any atom is 0.316 e. The van der Waals surface area contributed by atoms with Crippen LogP contribution in [0, 0.1) is 5.41 Å². The summed E-state index contributed by atoms with van der Waals surface area (Å²) in [7, 11) is 0. The molecule has 0 radical (unpaired) electrons. The number of aliphatic carboxylic acids is 1. The fraction of sp³-hybridized carbons (Fsp3) is 0.314. The van der Waals surface area contributed by atoms with E-state index in [2.05, 4.69) is 42.5 Å². The van der Waals surface area contributed by atoms with E-state index in [4.69, 9.17) is 16.6 Å². The maximum absolute atomic E-state index is 11.5. The van der Waals surface area contributed by atoms with Crippen LogP contribution in [0.15, 0.2) is 78.9 Å². The van der Waals surface area contributed by atoms with Gasteiger partial charge in [-0.05, 0) is 91.5 Å². The molecule has 0 amide bonds. The number of hydrogen-bond donors (Lipinski definition) is 2. The number of carboxylic acids is 1. The van der Waals surface area contributed by atoms with E-state index >= 15 is 0 Å². The highest BCUT2D eigenvalue weighted by atomic mass is 35.5. The molecule has 0 bridgehead atoms. The van der Waals surface area contributed by atoms with Gasteiger partial charge in [0.2, 0.25) is 0 Å². The first-order valence-corrected chi connectivity index (χ1v) is 15.5. The molecule has 1 aliphatic carbocycles. The molecule has 0 saturated heterocycles. The van der Waals surface area contributed by atoms with Gasteiger partial charge in [0, 0.05) is 21.4 Å².